The lowest BCUT2D eigenvalue weighted by molar-refractivity contribution is 0.0696. The second-order valence-electron chi connectivity index (χ2n) is 5.54. The number of carboxylic acids is 1. The molecule has 1 aromatic carbocycles. The van der Waals surface area contributed by atoms with E-state index < -0.39 is 5.97 Å². The SMILES string of the molecule is CCCC1CCCN(c2ccc(C(=O)O)c(Br)c2)CC1. The van der Waals surface area contributed by atoms with Gasteiger partial charge < -0.3 is 10.0 Å². The molecule has 0 amide bonds. The Bertz CT molecular complexity index is 476. The molecule has 2 rings (SSSR count). The third-order valence-electron chi connectivity index (χ3n) is 4.09. The van der Waals surface area contributed by atoms with Crippen LogP contribution in [-0.4, -0.2) is 24.2 Å². The fourth-order valence-corrected chi connectivity index (χ4v) is 3.53. The van der Waals surface area contributed by atoms with Crippen molar-refractivity contribution in [2.75, 3.05) is 18.0 Å². The van der Waals surface area contributed by atoms with Gasteiger partial charge in [0.1, 0.15) is 0 Å². The number of carboxylic acid groups (broad SMARTS) is 1. The Morgan fingerprint density at radius 3 is 2.85 bits per heavy atom. The van der Waals surface area contributed by atoms with Gasteiger partial charge in [-0.05, 0) is 59.3 Å². The Kier molecular flexibility index (Phi) is 5.46. The van der Waals surface area contributed by atoms with Crippen molar-refractivity contribution in [3.63, 3.8) is 0 Å². The summed E-state index contributed by atoms with van der Waals surface area (Å²) in [5, 5.41) is 9.06. The third-order valence-corrected chi connectivity index (χ3v) is 4.75. The number of benzene rings is 1. The zero-order chi connectivity index (χ0) is 14.5. The molecule has 1 aromatic rings. The summed E-state index contributed by atoms with van der Waals surface area (Å²) >= 11 is 3.36. The van der Waals surface area contributed by atoms with Crippen LogP contribution in [0.4, 0.5) is 5.69 Å². The first-order valence-electron chi connectivity index (χ1n) is 7.39. The number of aromatic carboxylic acids is 1. The molecule has 110 valence electrons. The van der Waals surface area contributed by atoms with Crippen LogP contribution in [0.2, 0.25) is 0 Å². The molecule has 1 N–H and O–H groups in total. The van der Waals surface area contributed by atoms with Gasteiger partial charge in [-0.3, -0.25) is 0 Å². The molecule has 4 heteroatoms. The van der Waals surface area contributed by atoms with Crippen LogP contribution in [0.25, 0.3) is 0 Å². The van der Waals surface area contributed by atoms with Crippen molar-refractivity contribution in [2.24, 2.45) is 5.92 Å². The van der Waals surface area contributed by atoms with E-state index in [2.05, 4.69) is 27.8 Å². The molecule has 1 fully saturated rings. The van der Waals surface area contributed by atoms with E-state index in [9.17, 15) is 4.79 Å². The largest absolute Gasteiger partial charge is 0.478 e. The van der Waals surface area contributed by atoms with E-state index >= 15 is 0 Å². The van der Waals surface area contributed by atoms with Crippen molar-refractivity contribution < 1.29 is 9.90 Å². The first-order valence-corrected chi connectivity index (χ1v) is 8.19. The summed E-state index contributed by atoms with van der Waals surface area (Å²) in [4.78, 5) is 13.4. The molecule has 1 unspecified atom stereocenters. The summed E-state index contributed by atoms with van der Waals surface area (Å²) in [5.74, 6) is -0.0333. The molecule has 20 heavy (non-hydrogen) atoms. The lowest BCUT2D eigenvalue weighted by Crippen LogP contribution is -2.24. The van der Waals surface area contributed by atoms with Crippen LogP contribution in [0.1, 0.15) is 49.4 Å². The van der Waals surface area contributed by atoms with Crippen molar-refractivity contribution >= 4 is 27.6 Å². The summed E-state index contributed by atoms with van der Waals surface area (Å²) in [6.45, 7) is 4.40. The van der Waals surface area contributed by atoms with Gasteiger partial charge in [0.15, 0.2) is 0 Å². The molecule has 1 saturated heterocycles. The summed E-state index contributed by atoms with van der Waals surface area (Å²) in [5.41, 5.74) is 1.45. The summed E-state index contributed by atoms with van der Waals surface area (Å²) in [6.07, 6.45) is 6.38. The molecule has 0 aromatic heterocycles. The second-order valence-corrected chi connectivity index (χ2v) is 6.40. The highest BCUT2D eigenvalue weighted by molar-refractivity contribution is 9.10. The quantitative estimate of drug-likeness (QED) is 0.874. The van der Waals surface area contributed by atoms with Crippen LogP contribution in [0.15, 0.2) is 22.7 Å². The predicted octanol–water partition coefficient (Wildman–Crippen LogP) is 4.55. The van der Waals surface area contributed by atoms with Crippen LogP contribution in [-0.2, 0) is 0 Å². The minimum atomic E-state index is -0.887. The van der Waals surface area contributed by atoms with E-state index in [1.807, 2.05) is 12.1 Å². The molecule has 0 aliphatic carbocycles. The maximum absolute atomic E-state index is 11.0. The van der Waals surface area contributed by atoms with Gasteiger partial charge in [0.25, 0.3) is 0 Å². The van der Waals surface area contributed by atoms with Crippen LogP contribution in [0.3, 0.4) is 0 Å². The Morgan fingerprint density at radius 2 is 2.20 bits per heavy atom. The zero-order valence-corrected chi connectivity index (χ0v) is 13.5. The van der Waals surface area contributed by atoms with Gasteiger partial charge in [-0.2, -0.15) is 0 Å². The smallest absolute Gasteiger partial charge is 0.336 e. The van der Waals surface area contributed by atoms with Gasteiger partial charge in [-0.15, -0.1) is 0 Å². The van der Waals surface area contributed by atoms with Crippen LogP contribution in [0, 0.1) is 5.92 Å². The van der Waals surface area contributed by atoms with Gasteiger partial charge in [0.05, 0.1) is 5.56 Å². The molecule has 0 saturated carbocycles. The highest BCUT2D eigenvalue weighted by Crippen LogP contribution is 2.28. The molecule has 0 radical (unpaired) electrons. The summed E-state index contributed by atoms with van der Waals surface area (Å²) in [6, 6.07) is 5.55. The molecule has 1 heterocycles. The Balaban J connectivity index is 2.08. The summed E-state index contributed by atoms with van der Waals surface area (Å²) in [7, 11) is 0. The van der Waals surface area contributed by atoms with Crippen molar-refractivity contribution in [2.45, 2.75) is 39.0 Å². The number of hydrogen-bond donors (Lipinski definition) is 1. The van der Waals surface area contributed by atoms with E-state index in [-0.39, 0.29) is 0 Å². The number of rotatable bonds is 4. The van der Waals surface area contributed by atoms with Gasteiger partial charge in [0.2, 0.25) is 0 Å². The minimum absolute atomic E-state index is 0.326. The topological polar surface area (TPSA) is 40.5 Å². The molecule has 0 bridgehead atoms. The maximum Gasteiger partial charge on any atom is 0.336 e. The van der Waals surface area contributed by atoms with E-state index in [1.54, 1.807) is 6.07 Å². The minimum Gasteiger partial charge on any atom is -0.478 e. The van der Waals surface area contributed by atoms with Gasteiger partial charge >= 0.3 is 5.97 Å². The van der Waals surface area contributed by atoms with E-state index in [0.29, 0.717) is 10.0 Å². The van der Waals surface area contributed by atoms with E-state index in [4.69, 9.17) is 5.11 Å². The Hall–Kier alpha value is -1.03. The Morgan fingerprint density at radius 1 is 1.40 bits per heavy atom. The van der Waals surface area contributed by atoms with Gasteiger partial charge in [0, 0.05) is 23.2 Å². The van der Waals surface area contributed by atoms with Gasteiger partial charge in [-0.25, -0.2) is 4.79 Å². The molecule has 1 atom stereocenters. The first-order chi connectivity index (χ1) is 9.61. The number of carbonyl (C=O) groups is 1. The van der Waals surface area contributed by atoms with Crippen molar-refractivity contribution in [1.82, 2.24) is 0 Å². The second kappa shape index (κ2) is 7.11. The van der Waals surface area contributed by atoms with Crippen molar-refractivity contribution in [3.05, 3.63) is 28.2 Å². The summed E-state index contributed by atoms with van der Waals surface area (Å²) < 4.78 is 0.664. The molecular formula is C16H22BrNO2. The highest BCUT2D eigenvalue weighted by Gasteiger charge is 2.18. The average molecular weight is 340 g/mol. The zero-order valence-electron chi connectivity index (χ0n) is 11.9. The fourth-order valence-electron chi connectivity index (χ4n) is 2.99. The molecular weight excluding hydrogens is 318 g/mol. The van der Waals surface area contributed by atoms with Crippen LogP contribution in [0.5, 0.6) is 0 Å². The number of hydrogen-bond acceptors (Lipinski definition) is 2. The first kappa shape index (κ1) is 15.4. The van der Waals surface area contributed by atoms with Crippen LogP contribution < -0.4 is 4.90 Å². The molecule has 3 nitrogen and oxygen atoms in total. The molecule has 1 aliphatic heterocycles. The normalized spacial score (nSPS) is 19.7. The monoisotopic (exact) mass is 339 g/mol. The number of halogens is 1. The number of anilines is 1. The predicted molar refractivity (Wildman–Crippen MR) is 85.6 cm³/mol. The Labute approximate surface area is 129 Å². The van der Waals surface area contributed by atoms with Crippen LogP contribution >= 0.6 is 15.9 Å². The molecule has 1 aliphatic rings. The molecule has 0 spiro atoms. The third kappa shape index (κ3) is 3.75. The average Bonchev–Trinajstić information content (AvgIpc) is 2.64. The number of nitrogens with zero attached hydrogens (tertiary/aromatic N) is 1. The lowest BCUT2D eigenvalue weighted by atomic mass is 9.96. The fraction of sp³-hybridized carbons (Fsp3) is 0.562. The maximum atomic E-state index is 11.0. The van der Waals surface area contributed by atoms with Crippen molar-refractivity contribution in [3.8, 4) is 0 Å². The highest BCUT2D eigenvalue weighted by atomic mass is 79.9. The van der Waals surface area contributed by atoms with E-state index in [0.717, 1.165) is 24.7 Å². The van der Waals surface area contributed by atoms with Crippen molar-refractivity contribution in [1.29, 1.82) is 0 Å². The van der Waals surface area contributed by atoms with Gasteiger partial charge in [-0.1, -0.05) is 19.8 Å². The lowest BCUT2D eigenvalue weighted by Gasteiger charge is -2.23. The standard InChI is InChI=1S/C16H22BrNO2/c1-2-4-12-5-3-9-18(10-8-12)13-6-7-14(16(19)20)15(17)11-13/h6-7,11-12H,2-5,8-10H2,1H3,(H,19,20). The van der Waals surface area contributed by atoms with E-state index in [1.165, 1.54) is 32.1 Å².